The number of aryl methyl sites for hydroxylation is 2. The number of nitrogens with zero attached hydrogens (tertiary/aromatic N) is 2. The SMILES string of the molecule is COc1ccc(Br)cc1CC(O)c1c(C)nn(C)c1OC. The summed E-state index contributed by atoms with van der Waals surface area (Å²) in [5.41, 5.74) is 2.39. The fourth-order valence-electron chi connectivity index (χ4n) is 2.50. The minimum atomic E-state index is -0.711. The van der Waals surface area contributed by atoms with Crippen molar-refractivity contribution < 1.29 is 14.6 Å². The monoisotopic (exact) mass is 354 g/mol. The second kappa shape index (κ2) is 6.49. The summed E-state index contributed by atoms with van der Waals surface area (Å²) in [6.07, 6.45) is -0.289. The molecule has 1 atom stereocenters. The van der Waals surface area contributed by atoms with Crippen LogP contribution in [0.2, 0.25) is 0 Å². The lowest BCUT2D eigenvalue weighted by Crippen LogP contribution is -2.06. The average Bonchev–Trinajstić information content (AvgIpc) is 2.73. The van der Waals surface area contributed by atoms with Crippen molar-refractivity contribution >= 4 is 15.9 Å². The number of benzene rings is 1. The quantitative estimate of drug-likeness (QED) is 0.896. The van der Waals surface area contributed by atoms with Gasteiger partial charge in [-0.2, -0.15) is 5.10 Å². The van der Waals surface area contributed by atoms with Crippen molar-refractivity contribution in [3.63, 3.8) is 0 Å². The highest BCUT2D eigenvalue weighted by Gasteiger charge is 2.22. The van der Waals surface area contributed by atoms with Gasteiger partial charge in [-0.1, -0.05) is 15.9 Å². The summed E-state index contributed by atoms with van der Waals surface area (Å²) in [6, 6.07) is 5.73. The van der Waals surface area contributed by atoms with E-state index in [9.17, 15) is 5.11 Å². The van der Waals surface area contributed by atoms with Crippen molar-refractivity contribution in [2.75, 3.05) is 14.2 Å². The third-order valence-electron chi connectivity index (χ3n) is 3.40. The van der Waals surface area contributed by atoms with Gasteiger partial charge in [0.2, 0.25) is 5.88 Å². The molecule has 0 aliphatic heterocycles. The summed E-state index contributed by atoms with van der Waals surface area (Å²) in [6.45, 7) is 1.86. The lowest BCUT2D eigenvalue weighted by atomic mass is 10.0. The van der Waals surface area contributed by atoms with E-state index in [1.54, 1.807) is 25.9 Å². The average molecular weight is 355 g/mol. The van der Waals surface area contributed by atoms with Gasteiger partial charge in [-0.05, 0) is 30.7 Å². The van der Waals surface area contributed by atoms with Crippen LogP contribution in [0.5, 0.6) is 11.6 Å². The fraction of sp³-hybridized carbons (Fsp3) is 0.400. The maximum Gasteiger partial charge on any atom is 0.217 e. The van der Waals surface area contributed by atoms with E-state index in [0.717, 1.165) is 21.5 Å². The third kappa shape index (κ3) is 3.22. The summed E-state index contributed by atoms with van der Waals surface area (Å²) in [7, 11) is 4.99. The summed E-state index contributed by atoms with van der Waals surface area (Å²) in [5.74, 6) is 1.33. The maximum absolute atomic E-state index is 10.6. The zero-order valence-corrected chi connectivity index (χ0v) is 14.1. The first kappa shape index (κ1) is 15.9. The van der Waals surface area contributed by atoms with Gasteiger partial charge in [-0.3, -0.25) is 0 Å². The Hall–Kier alpha value is -1.53. The van der Waals surface area contributed by atoms with E-state index in [1.807, 2.05) is 25.1 Å². The molecule has 0 radical (unpaired) electrons. The molecule has 21 heavy (non-hydrogen) atoms. The minimum absolute atomic E-state index is 0.422. The molecular formula is C15H19BrN2O3. The van der Waals surface area contributed by atoms with Crippen molar-refractivity contribution in [3.05, 3.63) is 39.5 Å². The molecule has 0 aliphatic carbocycles. The number of hydrogen-bond donors (Lipinski definition) is 1. The van der Waals surface area contributed by atoms with Crippen LogP contribution in [0.15, 0.2) is 22.7 Å². The molecule has 1 aromatic heterocycles. The predicted octanol–water partition coefficient (Wildman–Crippen LogP) is 2.78. The zero-order valence-electron chi connectivity index (χ0n) is 12.6. The van der Waals surface area contributed by atoms with Crippen molar-refractivity contribution in [2.24, 2.45) is 7.05 Å². The first-order valence-corrected chi connectivity index (χ1v) is 7.35. The van der Waals surface area contributed by atoms with Crippen LogP contribution in [-0.4, -0.2) is 29.1 Å². The van der Waals surface area contributed by atoms with Crippen LogP contribution in [0.25, 0.3) is 0 Å². The number of rotatable bonds is 5. The third-order valence-corrected chi connectivity index (χ3v) is 3.89. The molecule has 6 heteroatoms. The number of halogens is 1. The highest BCUT2D eigenvalue weighted by atomic mass is 79.9. The highest BCUT2D eigenvalue weighted by Crippen LogP contribution is 2.33. The molecule has 5 nitrogen and oxygen atoms in total. The van der Waals surface area contributed by atoms with E-state index < -0.39 is 6.10 Å². The molecule has 0 fully saturated rings. The zero-order chi connectivity index (χ0) is 15.6. The van der Waals surface area contributed by atoms with E-state index in [1.165, 1.54) is 0 Å². The molecule has 1 unspecified atom stereocenters. The molecule has 0 bridgehead atoms. The van der Waals surface area contributed by atoms with Gasteiger partial charge < -0.3 is 14.6 Å². The normalized spacial score (nSPS) is 12.3. The summed E-state index contributed by atoms with van der Waals surface area (Å²) in [4.78, 5) is 0. The van der Waals surface area contributed by atoms with Crippen molar-refractivity contribution in [1.82, 2.24) is 9.78 Å². The van der Waals surface area contributed by atoms with Crippen LogP contribution in [0.3, 0.4) is 0 Å². The minimum Gasteiger partial charge on any atom is -0.496 e. The largest absolute Gasteiger partial charge is 0.496 e. The Morgan fingerprint density at radius 2 is 2.05 bits per heavy atom. The number of hydrogen-bond acceptors (Lipinski definition) is 4. The Bertz CT molecular complexity index is 640. The molecule has 0 aliphatic rings. The summed E-state index contributed by atoms with van der Waals surface area (Å²) >= 11 is 3.44. The van der Waals surface area contributed by atoms with Gasteiger partial charge in [0.25, 0.3) is 0 Å². The first-order valence-electron chi connectivity index (χ1n) is 6.55. The molecule has 1 aromatic carbocycles. The number of aromatic nitrogens is 2. The standard InChI is InChI=1S/C15H19BrN2O3/c1-9-14(15(21-4)18(2)17-9)12(19)8-10-7-11(16)5-6-13(10)20-3/h5-7,12,19H,8H2,1-4H3. The van der Waals surface area contributed by atoms with Crippen LogP contribution >= 0.6 is 15.9 Å². The Kier molecular flexibility index (Phi) is 4.90. The molecular weight excluding hydrogens is 336 g/mol. The van der Waals surface area contributed by atoms with Crippen molar-refractivity contribution in [1.29, 1.82) is 0 Å². The van der Waals surface area contributed by atoms with Crippen molar-refractivity contribution in [2.45, 2.75) is 19.4 Å². The van der Waals surface area contributed by atoms with Gasteiger partial charge in [0.1, 0.15) is 5.75 Å². The Morgan fingerprint density at radius 3 is 2.67 bits per heavy atom. The van der Waals surface area contributed by atoms with Gasteiger partial charge in [-0.25, -0.2) is 4.68 Å². The van der Waals surface area contributed by atoms with E-state index in [2.05, 4.69) is 21.0 Å². The number of ether oxygens (including phenoxy) is 2. The highest BCUT2D eigenvalue weighted by molar-refractivity contribution is 9.10. The maximum atomic E-state index is 10.6. The first-order chi connectivity index (χ1) is 9.97. The van der Waals surface area contributed by atoms with Crippen LogP contribution in [0.1, 0.15) is 22.9 Å². The second-order valence-electron chi connectivity index (χ2n) is 4.81. The Balaban J connectivity index is 2.34. The van der Waals surface area contributed by atoms with E-state index in [4.69, 9.17) is 9.47 Å². The van der Waals surface area contributed by atoms with Crippen LogP contribution < -0.4 is 9.47 Å². The topological polar surface area (TPSA) is 56.5 Å². The molecule has 1 heterocycles. The van der Waals surface area contributed by atoms with Gasteiger partial charge in [-0.15, -0.1) is 0 Å². The second-order valence-corrected chi connectivity index (χ2v) is 5.72. The lowest BCUT2D eigenvalue weighted by Gasteiger charge is -2.15. The number of methoxy groups -OCH3 is 2. The lowest BCUT2D eigenvalue weighted by molar-refractivity contribution is 0.171. The Labute approximate surface area is 132 Å². The molecule has 1 N–H and O–H groups in total. The molecule has 2 aromatic rings. The molecule has 0 saturated carbocycles. The van der Waals surface area contributed by atoms with Crippen molar-refractivity contribution in [3.8, 4) is 11.6 Å². The van der Waals surface area contributed by atoms with Gasteiger partial charge in [0.15, 0.2) is 0 Å². The molecule has 2 rings (SSSR count). The fourth-order valence-corrected chi connectivity index (χ4v) is 2.90. The van der Waals surface area contributed by atoms with Crippen LogP contribution in [0.4, 0.5) is 0 Å². The number of aliphatic hydroxyl groups is 1. The Morgan fingerprint density at radius 1 is 1.33 bits per heavy atom. The summed E-state index contributed by atoms with van der Waals surface area (Å²) < 4.78 is 13.3. The van der Waals surface area contributed by atoms with Crippen LogP contribution in [0, 0.1) is 6.92 Å². The predicted molar refractivity (Wildman–Crippen MR) is 83.9 cm³/mol. The molecule has 0 amide bonds. The van der Waals surface area contributed by atoms with Crippen LogP contribution in [-0.2, 0) is 13.5 Å². The van der Waals surface area contributed by atoms with E-state index >= 15 is 0 Å². The molecule has 114 valence electrons. The van der Waals surface area contributed by atoms with Gasteiger partial charge >= 0.3 is 0 Å². The van der Waals surface area contributed by atoms with E-state index in [-0.39, 0.29) is 0 Å². The van der Waals surface area contributed by atoms with E-state index in [0.29, 0.717) is 17.9 Å². The van der Waals surface area contributed by atoms with Gasteiger partial charge in [0.05, 0.1) is 31.6 Å². The molecule has 0 spiro atoms. The smallest absolute Gasteiger partial charge is 0.217 e. The molecule has 0 saturated heterocycles. The summed E-state index contributed by atoms with van der Waals surface area (Å²) in [5, 5.41) is 14.9. The van der Waals surface area contributed by atoms with Gasteiger partial charge in [0, 0.05) is 17.9 Å². The number of aliphatic hydroxyl groups excluding tert-OH is 1.